The average molecular weight is 221 g/mol. The summed E-state index contributed by atoms with van der Waals surface area (Å²) in [5, 5.41) is 0. The maximum atomic E-state index is 5.77. The van der Waals surface area contributed by atoms with Gasteiger partial charge in [-0.1, -0.05) is 20.8 Å². The molecule has 0 aromatic carbocycles. The number of nitrogens with zero attached hydrogens (tertiary/aromatic N) is 2. The molecule has 0 bridgehead atoms. The fraction of sp³-hybridized carbons (Fsp3) is 0.615. The minimum atomic E-state index is 0.228. The Bertz CT molecular complexity index is 366. The molecule has 0 aliphatic rings. The summed E-state index contributed by atoms with van der Waals surface area (Å²) in [4.78, 5) is 6.58. The first-order valence-corrected chi connectivity index (χ1v) is 5.68. The van der Waals surface area contributed by atoms with Crippen LogP contribution in [-0.4, -0.2) is 18.1 Å². The number of pyridine rings is 1. The van der Waals surface area contributed by atoms with Crippen LogP contribution in [0.15, 0.2) is 12.3 Å². The van der Waals surface area contributed by atoms with Gasteiger partial charge in [0.2, 0.25) is 0 Å². The van der Waals surface area contributed by atoms with Crippen LogP contribution in [0.4, 0.5) is 11.5 Å². The second kappa shape index (κ2) is 4.32. The average Bonchev–Trinajstić information content (AvgIpc) is 2.18. The van der Waals surface area contributed by atoms with Crippen molar-refractivity contribution in [2.24, 2.45) is 5.41 Å². The second-order valence-corrected chi connectivity index (χ2v) is 5.55. The molecule has 0 amide bonds. The van der Waals surface area contributed by atoms with Crippen LogP contribution in [0.3, 0.4) is 0 Å². The highest BCUT2D eigenvalue weighted by molar-refractivity contribution is 5.52. The summed E-state index contributed by atoms with van der Waals surface area (Å²) in [6, 6.07) is 2.46. The van der Waals surface area contributed by atoms with Crippen LogP contribution < -0.4 is 10.6 Å². The van der Waals surface area contributed by atoms with Crippen LogP contribution in [-0.2, 0) is 0 Å². The summed E-state index contributed by atoms with van der Waals surface area (Å²) in [7, 11) is 2.08. The van der Waals surface area contributed by atoms with Gasteiger partial charge in [-0.25, -0.2) is 4.98 Å². The lowest BCUT2D eigenvalue weighted by Gasteiger charge is -2.36. The second-order valence-electron chi connectivity index (χ2n) is 5.55. The van der Waals surface area contributed by atoms with Gasteiger partial charge < -0.3 is 10.6 Å². The molecule has 1 rings (SSSR count). The third kappa shape index (κ3) is 2.65. The van der Waals surface area contributed by atoms with Crippen molar-refractivity contribution >= 4 is 11.5 Å². The number of rotatable bonds is 2. The van der Waals surface area contributed by atoms with Crippen molar-refractivity contribution in [2.45, 2.75) is 40.7 Å². The van der Waals surface area contributed by atoms with Gasteiger partial charge in [-0.05, 0) is 30.9 Å². The van der Waals surface area contributed by atoms with E-state index in [1.165, 1.54) is 0 Å². The number of aryl methyl sites for hydroxylation is 1. The number of anilines is 2. The predicted molar refractivity (Wildman–Crippen MR) is 70.7 cm³/mol. The van der Waals surface area contributed by atoms with Crippen molar-refractivity contribution in [1.29, 1.82) is 0 Å². The van der Waals surface area contributed by atoms with Gasteiger partial charge in [0.15, 0.2) is 0 Å². The van der Waals surface area contributed by atoms with Crippen molar-refractivity contribution in [1.82, 2.24) is 4.98 Å². The first-order valence-electron chi connectivity index (χ1n) is 5.68. The fourth-order valence-corrected chi connectivity index (χ4v) is 1.52. The molecule has 1 heterocycles. The highest BCUT2D eigenvalue weighted by Gasteiger charge is 2.24. The number of aromatic nitrogens is 1. The third-order valence-corrected chi connectivity index (χ3v) is 3.33. The summed E-state index contributed by atoms with van der Waals surface area (Å²) >= 11 is 0. The molecule has 1 unspecified atom stereocenters. The molecular formula is C13H23N3. The van der Waals surface area contributed by atoms with E-state index in [1.807, 2.05) is 13.0 Å². The van der Waals surface area contributed by atoms with E-state index in [4.69, 9.17) is 5.73 Å². The zero-order valence-corrected chi connectivity index (χ0v) is 11.2. The monoisotopic (exact) mass is 221 g/mol. The molecule has 0 saturated carbocycles. The summed E-state index contributed by atoms with van der Waals surface area (Å²) < 4.78 is 0. The van der Waals surface area contributed by atoms with Crippen molar-refractivity contribution in [3.63, 3.8) is 0 Å². The van der Waals surface area contributed by atoms with E-state index in [0.717, 1.165) is 17.1 Å². The number of hydrogen-bond donors (Lipinski definition) is 1. The smallest absolute Gasteiger partial charge is 0.128 e. The predicted octanol–water partition coefficient (Wildman–Crippen LogP) is 2.84. The third-order valence-electron chi connectivity index (χ3n) is 3.33. The summed E-state index contributed by atoms with van der Waals surface area (Å²) in [6.45, 7) is 10.9. The van der Waals surface area contributed by atoms with Crippen LogP contribution >= 0.6 is 0 Å². The first kappa shape index (κ1) is 12.8. The fourth-order valence-electron chi connectivity index (χ4n) is 1.52. The minimum Gasteiger partial charge on any atom is -0.397 e. The Morgan fingerprint density at radius 1 is 1.38 bits per heavy atom. The Hall–Kier alpha value is -1.25. The van der Waals surface area contributed by atoms with E-state index in [2.05, 4.69) is 44.6 Å². The van der Waals surface area contributed by atoms with E-state index < -0.39 is 0 Å². The van der Waals surface area contributed by atoms with Crippen molar-refractivity contribution < 1.29 is 0 Å². The van der Waals surface area contributed by atoms with Gasteiger partial charge in [-0.15, -0.1) is 0 Å². The highest BCUT2D eigenvalue weighted by Crippen LogP contribution is 2.27. The molecule has 1 atom stereocenters. The van der Waals surface area contributed by atoms with Gasteiger partial charge in [-0.3, -0.25) is 0 Å². The molecule has 3 heteroatoms. The van der Waals surface area contributed by atoms with Crippen LogP contribution in [0.1, 0.15) is 33.3 Å². The van der Waals surface area contributed by atoms with E-state index in [9.17, 15) is 0 Å². The minimum absolute atomic E-state index is 0.228. The SMILES string of the molecule is Cc1cc(N(C)C(C)C(C)(C)C)ncc1N. The quantitative estimate of drug-likeness (QED) is 0.835. The zero-order valence-electron chi connectivity index (χ0n) is 11.2. The molecule has 90 valence electrons. The Morgan fingerprint density at radius 2 is 1.94 bits per heavy atom. The highest BCUT2D eigenvalue weighted by atomic mass is 15.2. The molecule has 0 radical (unpaired) electrons. The Kier molecular flexibility index (Phi) is 3.46. The Morgan fingerprint density at radius 3 is 2.38 bits per heavy atom. The molecule has 1 aromatic rings. The Labute approximate surface area is 98.7 Å². The lowest BCUT2D eigenvalue weighted by atomic mass is 9.87. The van der Waals surface area contributed by atoms with Gasteiger partial charge in [-0.2, -0.15) is 0 Å². The van der Waals surface area contributed by atoms with Crippen LogP contribution in [0.5, 0.6) is 0 Å². The normalized spacial score (nSPS) is 13.6. The number of hydrogen-bond acceptors (Lipinski definition) is 3. The summed E-state index contributed by atoms with van der Waals surface area (Å²) in [6.07, 6.45) is 1.73. The van der Waals surface area contributed by atoms with Crippen molar-refractivity contribution in [2.75, 3.05) is 17.7 Å². The first-order chi connectivity index (χ1) is 7.23. The van der Waals surface area contributed by atoms with E-state index in [-0.39, 0.29) is 5.41 Å². The molecule has 16 heavy (non-hydrogen) atoms. The van der Waals surface area contributed by atoms with Crippen LogP contribution in [0.25, 0.3) is 0 Å². The van der Waals surface area contributed by atoms with Gasteiger partial charge in [0.25, 0.3) is 0 Å². The van der Waals surface area contributed by atoms with Crippen LogP contribution in [0, 0.1) is 12.3 Å². The lowest BCUT2D eigenvalue weighted by molar-refractivity contribution is 0.328. The van der Waals surface area contributed by atoms with Gasteiger partial charge in [0, 0.05) is 13.1 Å². The largest absolute Gasteiger partial charge is 0.397 e. The Balaban J connectivity index is 2.97. The molecule has 0 aliphatic carbocycles. The maximum Gasteiger partial charge on any atom is 0.128 e. The standard InChI is InChI=1S/C13H23N3/c1-9-7-12(15-8-11(9)14)16(6)10(2)13(3,4)5/h7-8,10H,14H2,1-6H3. The van der Waals surface area contributed by atoms with Crippen molar-refractivity contribution in [3.8, 4) is 0 Å². The molecular weight excluding hydrogens is 198 g/mol. The lowest BCUT2D eigenvalue weighted by Crippen LogP contribution is -2.39. The zero-order chi connectivity index (χ0) is 12.5. The van der Waals surface area contributed by atoms with Gasteiger partial charge in [0.1, 0.15) is 5.82 Å². The van der Waals surface area contributed by atoms with Gasteiger partial charge in [0.05, 0.1) is 11.9 Å². The van der Waals surface area contributed by atoms with Crippen molar-refractivity contribution in [3.05, 3.63) is 17.8 Å². The van der Waals surface area contributed by atoms with Gasteiger partial charge >= 0.3 is 0 Å². The van der Waals surface area contributed by atoms with E-state index in [0.29, 0.717) is 6.04 Å². The topological polar surface area (TPSA) is 42.2 Å². The molecule has 0 fully saturated rings. The van der Waals surface area contributed by atoms with E-state index in [1.54, 1.807) is 6.20 Å². The molecule has 1 aromatic heterocycles. The molecule has 2 N–H and O–H groups in total. The number of nitrogens with two attached hydrogens (primary N) is 1. The number of nitrogen functional groups attached to an aromatic ring is 1. The van der Waals surface area contributed by atoms with E-state index >= 15 is 0 Å². The molecule has 0 aliphatic heterocycles. The summed E-state index contributed by atoms with van der Waals surface area (Å²) in [5.41, 5.74) is 7.83. The maximum absolute atomic E-state index is 5.77. The van der Waals surface area contributed by atoms with Crippen LogP contribution in [0.2, 0.25) is 0 Å². The molecule has 0 saturated heterocycles. The summed E-state index contributed by atoms with van der Waals surface area (Å²) in [5.74, 6) is 0.981. The molecule has 0 spiro atoms. The molecule has 3 nitrogen and oxygen atoms in total.